The van der Waals surface area contributed by atoms with Gasteiger partial charge in [-0.05, 0) is 62.8 Å². The fraction of sp³-hybridized carbons (Fsp3) is 0.462. The Bertz CT molecular complexity index is 837. The van der Waals surface area contributed by atoms with Crippen molar-refractivity contribution in [1.29, 1.82) is 0 Å². The Labute approximate surface area is 190 Å². The number of esters is 2. The van der Waals surface area contributed by atoms with Crippen LogP contribution in [0.25, 0.3) is 0 Å². The van der Waals surface area contributed by atoms with Gasteiger partial charge in [0.2, 0.25) is 0 Å². The normalized spacial score (nSPS) is 11.8. The van der Waals surface area contributed by atoms with Crippen LogP contribution in [0.5, 0.6) is 11.5 Å². The van der Waals surface area contributed by atoms with E-state index in [1.54, 1.807) is 24.3 Å². The van der Waals surface area contributed by atoms with Crippen molar-refractivity contribution in [3.8, 4) is 11.5 Å². The van der Waals surface area contributed by atoms with Crippen LogP contribution in [0.3, 0.4) is 0 Å². The van der Waals surface area contributed by atoms with Crippen molar-refractivity contribution in [1.82, 2.24) is 0 Å². The highest BCUT2D eigenvalue weighted by Crippen LogP contribution is 2.36. The summed E-state index contributed by atoms with van der Waals surface area (Å²) in [5.41, 5.74) is -1.25. The lowest BCUT2D eigenvalue weighted by molar-refractivity contribution is -0.0607. The van der Waals surface area contributed by atoms with Crippen molar-refractivity contribution in [3.05, 3.63) is 59.7 Å². The van der Waals surface area contributed by atoms with E-state index in [4.69, 9.17) is 9.47 Å². The van der Waals surface area contributed by atoms with Crippen molar-refractivity contribution in [2.24, 2.45) is 0 Å². The predicted molar refractivity (Wildman–Crippen MR) is 123 cm³/mol. The van der Waals surface area contributed by atoms with Crippen molar-refractivity contribution >= 4 is 11.9 Å². The summed E-state index contributed by atoms with van der Waals surface area (Å²) in [7, 11) is 0. The zero-order valence-corrected chi connectivity index (χ0v) is 19.4. The SMILES string of the molecule is CCC(CC)(CCC(CC)(CC)OC(=O)c1ccccc1O)OC(=O)c1ccccc1O. The average Bonchev–Trinajstić information content (AvgIpc) is 2.81. The van der Waals surface area contributed by atoms with Gasteiger partial charge >= 0.3 is 11.9 Å². The molecule has 0 radical (unpaired) electrons. The summed E-state index contributed by atoms with van der Waals surface area (Å²) in [5, 5.41) is 20.0. The van der Waals surface area contributed by atoms with Gasteiger partial charge in [-0.3, -0.25) is 0 Å². The third-order valence-electron chi connectivity index (χ3n) is 6.48. The third kappa shape index (κ3) is 5.81. The molecule has 0 unspecified atom stereocenters. The van der Waals surface area contributed by atoms with Gasteiger partial charge in [0.25, 0.3) is 0 Å². The molecule has 0 atom stereocenters. The second-order valence-corrected chi connectivity index (χ2v) is 8.09. The van der Waals surface area contributed by atoms with E-state index in [1.807, 2.05) is 27.7 Å². The first-order valence-electron chi connectivity index (χ1n) is 11.3. The lowest BCUT2D eigenvalue weighted by Crippen LogP contribution is -2.40. The maximum atomic E-state index is 12.8. The summed E-state index contributed by atoms with van der Waals surface area (Å²) in [6.07, 6.45) is 3.32. The summed E-state index contributed by atoms with van der Waals surface area (Å²) in [6, 6.07) is 12.6. The van der Waals surface area contributed by atoms with Gasteiger partial charge in [-0.25, -0.2) is 9.59 Å². The molecule has 0 amide bonds. The molecule has 2 aromatic carbocycles. The molecule has 0 aliphatic heterocycles. The fourth-order valence-electron chi connectivity index (χ4n) is 3.85. The topological polar surface area (TPSA) is 93.1 Å². The monoisotopic (exact) mass is 442 g/mol. The van der Waals surface area contributed by atoms with Crippen LogP contribution in [-0.4, -0.2) is 33.4 Å². The van der Waals surface area contributed by atoms with E-state index in [-0.39, 0.29) is 22.6 Å². The Morgan fingerprint density at radius 1 is 0.656 bits per heavy atom. The smallest absolute Gasteiger partial charge is 0.342 e. The van der Waals surface area contributed by atoms with Crippen LogP contribution in [-0.2, 0) is 9.47 Å². The molecule has 0 heterocycles. The van der Waals surface area contributed by atoms with Crippen LogP contribution >= 0.6 is 0 Å². The Hall–Kier alpha value is -3.02. The van der Waals surface area contributed by atoms with Crippen molar-refractivity contribution in [2.45, 2.75) is 77.4 Å². The van der Waals surface area contributed by atoms with Gasteiger partial charge < -0.3 is 19.7 Å². The van der Waals surface area contributed by atoms with Crippen LogP contribution in [0.15, 0.2) is 48.5 Å². The molecular weight excluding hydrogens is 408 g/mol. The van der Waals surface area contributed by atoms with Gasteiger partial charge in [0, 0.05) is 0 Å². The quantitative estimate of drug-likeness (QED) is 0.414. The highest BCUT2D eigenvalue weighted by atomic mass is 16.6. The highest BCUT2D eigenvalue weighted by Gasteiger charge is 2.38. The molecule has 0 aliphatic rings. The summed E-state index contributed by atoms with van der Waals surface area (Å²) in [4.78, 5) is 25.5. The molecule has 0 aliphatic carbocycles. The number of aromatic hydroxyl groups is 2. The first-order chi connectivity index (χ1) is 15.2. The van der Waals surface area contributed by atoms with Crippen LogP contribution < -0.4 is 0 Å². The van der Waals surface area contributed by atoms with Gasteiger partial charge in [0.1, 0.15) is 33.8 Å². The Morgan fingerprint density at radius 3 is 1.25 bits per heavy atom. The fourth-order valence-corrected chi connectivity index (χ4v) is 3.85. The van der Waals surface area contributed by atoms with E-state index in [0.29, 0.717) is 38.5 Å². The molecule has 6 heteroatoms. The molecule has 2 aromatic rings. The second-order valence-electron chi connectivity index (χ2n) is 8.09. The van der Waals surface area contributed by atoms with E-state index in [0.717, 1.165) is 0 Å². The van der Waals surface area contributed by atoms with Gasteiger partial charge in [-0.2, -0.15) is 0 Å². The minimum absolute atomic E-state index is 0.119. The van der Waals surface area contributed by atoms with Crippen LogP contribution in [0.1, 0.15) is 86.9 Å². The molecule has 0 aromatic heterocycles. The predicted octanol–water partition coefficient (Wildman–Crippen LogP) is 6.01. The van der Waals surface area contributed by atoms with Crippen LogP contribution in [0, 0.1) is 0 Å². The Morgan fingerprint density at radius 2 is 0.969 bits per heavy atom. The minimum atomic E-state index is -0.754. The number of hydrogen-bond acceptors (Lipinski definition) is 6. The number of para-hydroxylation sites is 2. The summed E-state index contributed by atoms with van der Waals surface area (Å²) >= 11 is 0. The minimum Gasteiger partial charge on any atom is -0.507 e. The summed E-state index contributed by atoms with van der Waals surface area (Å²) in [6.45, 7) is 7.81. The maximum Gasteiger partial charge on any atom is 0.342 e. The molecule has 6 nitrogen and oxygen atoms in total. The molecule has 0 bridgehead atoms. The van der Waals surface area contributed by atoms with Crippen LogP contribution in [0.2, 0.25) is 0 Å². The van der Waals surface area contributed by atoms with Gasteiger partial charge in [0.15, 0.2) is 0 Å². The number of carbonyl (C=O) groups is 2. The number of rotatable bonds is 11. The average molecular weight is 443 g/mol. The zero-order chi connectivity index (χ0) is 23.8. The van der Waals surface area contributed by atoms with Crippen LogP contribution in [0.4, 0.5) is 0 Å². The maximum absolute atomic E-state index is 12.8. The summed E-state index contributed by atoms with van der Waals surface area (Å²) in [5.74, 6) is -1.38. The van der Waals surface area contributed by atoms with Crippen molar-refractivity contribution in [3.63, 3.8) is 0 Å². The second kappa shape index (κ2) is 11.0. The first-order valence-corrected chi connectivity index (χ1v) is 11.3. The standard InChI is InChI=1S/C26H34O6/c1-5-25(6-2,31-23(29)19-13-9-11-15-21(19)27)17-18-26(7-3,8-4)32-24(30)20-14-10-12-16-22(20)28/h9-16,27-28H,5-8,17-18H2,1-4H3. The first kappa shape index (κ1) is 25.2. The van der Waals surface area contributed by atoms with Gasteiger partial charge in [0.05, 0.1) is 0 Å². The van der Waals surface area contributed by atoms with Gasteiger partial charge in [-0.1, -0.05) is 52.0 Å². The van der Waals surface area contributed by atoms with Crippen molar-refractivity contribution < 1.29 is 29.3 Å². The molecular formula is C26H34O6. The number of phenols is 2. The molecule has 174 valence electrons. The van der Waals surface area contributed by atoms with E-state index >= 15 is 0 Å². The van der Waals surface area contributed by atoms with Gasteiger partial charge in [-0.15, -0.1) is 0 Å². The molecule has 32 heavy (non-hydrogen) atoms. The number of benzene rings is 2. The molecule has 2 rings (SSSR count). The van der Waals surface area contributed by atoms with E-state index in [2.05, 4.69) is 0 Å². The highest BCUT2D eigenvalue weighted by molar-refractivity contribution is 5.93. The van der Waals surface area contributed by atoms with Crippen molar-refractivity contribution in [2.75, 3.05) is 0 Å². The zero-order valence-electron chi connectivity index (χ0n) is 19.4. The molecule has 0 spiro atoms. The number of carbonyl (C=O) groups excluding carboxylic acids is 2. The van der Waals surface area contributed by atoms with E-state index in [1.165, 1.54) is 24.3 Å². The lowest BCUT2D eigenvalue weighted by atomic mass is 9.83. The Balaban J connectivity index is 2.19. The number of phenolic OH excluding ortho intramolecular Hbond substituents is 2. The lowest BCUT2D eigenvalue weighted by Gasteiger charge is -2.37. The third-order valence-corrected chi connectivity index (χ3v) is 6.48. The Kier molecular flexibility index (Phi) is 8.70. The molecule has 0 fully saturated rings. The number of ether oxygens (including phenoxy) is 2. The molecule has 0 saturated heterocycles. The summed E-state index contributed by atoms with van der Waals surface area (Å²) < 4.78 is 11.8. The largest absolute Gasteiger partial charge is 0.507 e. The van der Waals surface area contributed by atoms with E-state index < -0.39 is 23.1 Å². The molecule has 0 saturated carbocycles. The van der Waals surface area contributed by atoms with E-state index in [9.17, 15) is 19.8 Å². The molecule has 2 N–H and O–H groups in total. The number of hydrogen-bond donors (Lipinski definition) is 2.